The van der Waals surface area contributed by atoms with E-state index in [2.05, 4.69) is 16.2 Å². The molecule has 8 nitrogen and oxygen atoms in total. The Morgan fingerprint density at radius 1 is 1.22 bits per heavy atom. The highest BCUT2D eigenvalue weighted by atomic mass is 16.6. The van der Waals surface area contributed by atoms with E-state index in [1.807, 2.05) is 31.2 Å². The van der Waals surface area contributed by atoms with E-state index in [1.165, 1.54) is 12.1 Å². The van der Waals surface area contributed by atoms with E-state index < -0.39 is 4.92 Å². The highest BCUT2D eigenvalue weighted by molar-refractivity contribution is 5.80. The van der Waals surface area contributed by atoms with E-state index in [0.717, 1.165) is 16.9 Å². The van der Waals surface area contributed by atoms with Crippen LogP contribution in [0.5, 0.6) is 5.75 Å². The molecule has 0 aromatic heterocycles. The summed E-state index contributed by atoms with van der Waals surface area (Å²) in [7, 11) is 0. The number of non-ortho nitro benzene ring substituents is 1. The number of benzene rings is 2. The SMILES string of the molecule is CCOc1ccc(CNC(=O)C2CNNC2c2ccc([N+](=O)[O-])cc2)cc1. The van der Waals surface area contributed by atoms with E-state index in [9.17, 15) is 14.9 Å². The van der Waals surface area contributed by atoms with Crippen LogP contribution in [0.25, 0.3) is 0 Å². The maximum atomic E-state index is 12.6. The Morgan fingerprint density at radius 2 is 1.93 bits per heavy atom. The Kier molecular flexibility index (Phi) is 6.00. The van der Waals surface area contributed by atoms with Crippen molar-refractivity contribution >= 4 is 11.6 Å². The number of nitrogens with one attached hydrogen (secondary N) is 3. The van der Waals surface area contributed by atoms with Crippen LogP contribution in [0.15, 0.2) is 48.5 Å². The van der Waals surface area contributed by atoms with Crippen molar-refractivity contribution in [1.29, 1.82) is 0 Å². The second-order valence-corrected chi connectivity index (χ2v) is 6.25. The first-order valence-electron chi connectivity index (χ1n) is 8.80. The molecule has 0 aliphatic carbocycles. The van der Waals surface area contributed by atoms with Gasteiger partial charge in [0, 0.05) is 25.2 Å². The number of carbonyl (C=O) groups excluding carboxylic acids is 1. The Hall–Kier alpha value is -2.97. The van der Waals surface area contributed by atoms with Crippen molar-refractivity contribution in [3.63, 3.8) is 0 Å². The van der Waals surface area contributed by atoms with E-state index in [4.69, 9.17) is 4.74 Å². The van der Waals surface area contributed by atoms with E-state index in [-0.39, 0.29) is 23.6 Å². The topological polar surface area (TPSA) is 106 Å². The average Bonchev–Trinajstić information content (AvgIpc) is 3.17. The third-order valence-electron chi connectivity index (χ3n) is 4.48. The monoisotopic (exact) mass is 370 g/mol. The number of ether oxygens (including phenoxy) is 1. The van der Waals surface area contributed by atoms with Crippen molar-refractivity contribution in [1.82, 2.24) is 16.2 Å². The van der Waals surface area contributed by atoms with Gasteiger partial charge in [0.2, 0.25) is 5.91 Å². The summed E-state index contributed by atoms with van der Waals surface area (Å²) in [5.41, 5.74) is 7.91. The molecule has 3 rings (SSSR count). The number of nitro groups is 1. The van der Waals surface area contributed by atoms with Crippen molar-refractivity contribution in [3.05, 3.63) is 69.8 Å². The summed E-state index contributed by atoms with van der Waals surface area (Å²) in [5, 5.41) is 13.7. The average molecular weight is 370 g/mol. The molecule has 1 fully saturated rings. The quantitative estimate of drug-likeness (QED) is 0.509. The maximum Gasteiger partial charge on any atom is 0.269 e. The summed E-state index contributed by atoms with van der Waals surface area (Å²) in [4.78, 5) is 23.0. The standard InChI is InChI=1S/C19H22N4O4/c1-2-27-16-9-3-13(4-10-16)11-20-19(24)17-12-21-22-18(17)14-5-7-15(8-6-14)23(25)26/h3-10,17-18,21-22H,2,11-12H2,1H3,(H,20,24). The largest absolute Gasteiger partial charge is 0.494 e. The number of rotatable bonds is 7. The summed E-state index contributed by atoms with van der Waals surface area (Å²) < 4.78 is 5.41. The van der Waals surface area contributed by atoms with E-state index in [1.54, 1.807) is 12.1 Å². The van der Waals surface area contributed by atoms with Crippen molar-refractivity contribution in [2.45, 2.75) is 19.5 Å². The van der Waals surface area contributed by atoms with Gasteiger partial charge in [-0.1, -0.05) is 24.3 Å². The van der Waals surface area contributed by atoms with Gasteiger partial charge in [0.1, 0.15) is 5.75 Å². The zero-order chi connectivity index (χ0) is 19.2. The van der Waals surface area contributed by atoms with Crippen LogP contribution in [0.4, 0.5) is 5.69 Å². The molecule has 1 amide bonds. The van der Waals surface area contributed by atoms with Gasteiger partial charge in [0.15, 0.2) is 0 Å². The third-order valence-corrected chi connectivity index (χ3v) is 4.48. The first kappa shape index (κ1) is 18.8. The van der Waals surface area contributed by atoms with Gasteiger partial charge >= 0.3 is 0 Å². The second-order valence-electron chi connectivity index (χ2n) is 6.25. The molecule has 2 aromatic carbocycles. The minimum absolute atomic E-state index is 0.0289. The van der Waals surface area contributed by atoms with Crippen LogP contribution in [0.2, 0.25) is 0 Å². The Balaban J connectivity index is 1.60. The first-order chi connectivity index (χ1) is 13.1. The van der Waals surface area contributed by atoms with E-state index in [0.29, 0.717) is 19.7 Å². The molecule has 2 atom stereocenters. The molecule has 0 bridgehead atoms. The fraction of sp³-hybridized carbons (Fsp3) is 0.316. The number of hydrazine groups is 1. The lowest BCUT2D eigenvalue weighted by Gasteiger charge is -2.18. The predicted molar refractivity (Wildman–Crippen MR) is 99.9 cm³/mol. The van der Waals surface area contributed by atoms with Gasteiger partial charge in [0.25, 0.3) is 5.69 Å². The molecule has 1 aliphatic rings. The van der Waals surface area contributed by atoms with Crippen LogP contribution in [0.1, 0.15) is 24.1 Å². The van der Waals surface area contributed by atoms with Gasteiger partial charge in [-0.2, -0.15) is 0 Å². The van der Waals surface area contributed by atoms with Gasteiger partial charge in [0.05, 0.1) is 23.5 Å². The van der Waals surface area contributed by atoms with Crippen molar-refractivity contribution in [3.8, 4) is 5.75 Å². The minimum Gasteiger partial charge on any atom is -0.494 e. The molecule has 2 unspecified atom stereocenters. The molecule has 0 saturated carbocycles. The zero-order valence-corrected chi connectivity index (χ0v) is 15.0. The van der Waals surface area contributed by atoms with Crippen molar-refractivity contribution in [2.75, 3.05) is 13.2 Å². The van der Waals surface area contributed by atoms with Gasteiger partial charge in [-0.15, -0.1) is 0 Å². The molecule has 1 aliphatic heterocycles. The van der Waals surface area contributed by atoms with Crippen LogP contribution in [0.3, 0.4) is 0 Å². The summed E-state index contributed by atoms with van der Waals surface area (Å²) >= 11 is 0. The van der Waals surface area contributed by atoms with Crippen LogP contribution < -0.4 is 20.9 Å². The van der Waals surface area contributed by atoms with Crippen LogP contribution in [-0.2, 0) is 11.3 Å². The van der Waals surface area contributed by atoms with Gasteiger partial charge < -0.3 is 10.1 Å². The van der Waals surface area contributed by atoms with Crippen LogP contribution >= 0.6 is 0 Å². The summed E-state index contributed by atoms with van der Waals surface area (Å²) in [5.74, 6) is 0.411. The number of hydrogen-bond donors (Lipinski definition) is 3. The number of nitro benzene ring substituents is 1. The summed E-state index contributed by atoms with van der Waals surface area (Å²) in [6.07, 6.45) is 0. The minimum atomic E-state index is -0.439. The lowest BCUT2D eigenvalue weighted by atomic mass is 9.94. The third kappa shape index (κ3) is 4.60. The van der Waals surface area contributed by atoms with Gasteiger partial charge in [-0.3, -0.25) is 20.3 Å². The smallest absolute Gasteiger partial charge is 0.269 e. The fourth-order valence-corrected chi connectivity index (χ4v) is 3.05. The molecule has 8 heteroatoms. The van der Waals surface area contributed by atoms with Crippen molar-refractivity contribution in [2.24, 2.45) is 5.92 Å². The predicted octanol–water partition coefficient (Wildman–Crippen LogP) is 2.07. The summed E-state index contributed by atoms with van der Waals surface area (Å²) in [6.45, 7) is 3.45. The Morgan fingerprint density at radius 3 is 2.56 bits per heavy atom. The molecular formula is C19H22N4O4. The molecule has 1 heterocycles. The molecule has 0 radical (unpaired) electrons. The Labute approximate surface area is 157 Å². The molecule has 0 spiro atoms. The number of carbonyl (C=O) groups is 1. The fourth-order valence-electron chi connectivity index (χ4n) is 3.05. The lowest BCUT2D eigenvalue weighted by molar-refractivity contribution is -0.384. The van der Waals surface area contributed by atoms with Crippen LogP contribution in [0, 0.1) is 16.0 Å². The normalized spacial score (nSPS) is 18.9. The molecule has 1 saturated heterocycles. The highest BCUT2D eigenvalue weighted by Crippen LogP contribution is 2.26. The van der Waals surface area contributed by atoms with Gasteiger partial charge in [-0.25, -0.2) is 5.43 Å². The number of amides is 1. The second kappa shape index (κ2) is 8.61. The lowest BCUT2D eigenvalue weighted by Crippen LogP contribution is -2.34. The molecule has 2 aromatic rings. The zero-order valence-electron chi connectivity index (χ0n) is 15.0. The first-order valence-corrected chi connectivity index (χ1v) is 8.80. The van der Waals surface area contributed by atoms with Crippen molar-refractivity contribution < 1.29 is 14.5 Å². The summed E-state index contributed by atoms with van der Waals surface area (Å²) in [6, 6.07) is 13.6. The molecular weight excluding hydrogens is 348 g/mol. The van der Waals surface area contributed by atoms with Crippen LogP contribution in [-0.4, -0.2) is 24.0 Å². The van der Waals surface area contributed by atoms with E-state index >= 15 is 0 Å². The molecule has 3 N–H and O–H groups in total. The maximum absolute atomic E-state index is 12.6. The number of nitrogens with zero attached hydrogens (tertiary/aromatic N) is 1. The highest BCUT2D eigenvalue weighted by Gasteiger charge is 2.33. The number of hydrogen-bond acceptors (Lipinski definition) is 6. The molecule has 142 valence electrons. The Bertz CT molecular complexity index is 792. The molecule has 27 heavy (non-hydrogen) atoms. The van der Waals surface area contributed by atoms with Gasteiger partial charge in [-0.05, 0) is 30.2 Å².